The molecule has 4 rings (SSSR count). The fraction of sp³-hybridized carbons (Fsp3) is 0.500. The highest BCUT2D eigenvalue weighted by atomic mass is 16.3. The molecular formula is C22H29N3O2. The van der Waals surface area contributed by atoms with E-state index in [9.17, 15) is 9.90 Å². The largest absolute Gasteiger partial charge is 0.390 e. The number of aliphatic hydroxyl groups is 1. The van der Waals surface area contributed by atoms with Crippen LogP contribution in [-0.2, 0) is 16.8 Å². The molecule has 1 amide bonds. The summed E-state index contributed by atoms with van der Waals surface area (Å²) in [5, 5.41) is 11.3. The minimum absolute atomic E-state index is 0.0252. The van der Waals surface area contributed by atoms with Crippen LogP contribution in [0.4, 0.5) is 0 Å². The van der Waals surface area contributed by atoms with E-state index in [4.69, 9.17) is 0 Å². The molecular weight excluding hydrogens is 338 g/mol. The lowest BCUT2D eigenvalue weighted by Gasteiger charge is -2.43. The lowest BCUT2D eigenvalue weighted by molar-refractivity contribution is -0.134. The molecule has 0 saturated carbocycles. The first-order chi connectivity index (χ1) is 13.0. The van der Waals surface area contributed by atoms with Gasteiger partial charge in [-0.15, -0.1) is 0 Å². The maximum Gasteiger partial charge on any atom is 0.224 e. The van der Waals surface area contributed by atoms with Crippen molar-refractivity contribution in [3.05, 3.63) is 59.9 Å². The summed E-state index contributed by atoms with van der Waals surface area (Å²) < 4.78 is 2.04. The van der Waals surface area contributed by atoms with Gasteiger partial charge in [0.1, 0.15) is 0 Å². The number of aliphatic hydroxyl groups excluding tert-OH is 1. The topological polar surface area (TPSA) is 48.7 Å². The second-order valence-electron chi connectivity index (χ2n) is 8.15. The molecule has 2 aliphatic rings. The molecule has 144 valence electrons. The summed E-state index contributed by atoms with van der Waals surface area (Å²) in [4.78, 5) is 16.7. The van der Waals surface area contributed by atoms with Crippen molar-refractivity contribution in [2.24, 2.45) is 0 Å². The predicted octanol–water partition coefficient (Wildman–Crippen LogP) is 2.42. The second-order valence-corrected chi connectivity index (χ2v) is 8.15. The van der Waals surface area contributed by atoms with Gasteiger partial charge in [0.15, 0.2) is 0 Å². The van der Waals surface area contributed by atoms with Crippen LogP contribution in [0.15, 0.2) is 48.8 Å². The third-order valence-electron chi connectivity index (χ3n) is 6.50. The van der Waals surface area contributed by atoms with Crippen molar-refractivity contribution in [1.29, 1.82) is 0 Å². The lowest BCUT2D eigenvalue weighted by Crippen LogP contribution is -2.50. The van der Waals surface area contributed by atoms with Crippen LogP contribution < -0.4 is 0 Å². The third kappa shape index (κ3) is 3.09. The Labute approximate surface area is 161 Å². The minimum Gasteiger partial charge on any atom is -0.390 e. The monoisotopic (exact) mass is 367 g/mol. The second kappa shape index (κ2) is 7.13. The van der Waals surface area contributed by atoms with E-state index in [2.05, 4.69) is 29.2 Å². The van der Waals surface area contributed by atoms with E-state index in [1.807, 2.05) is 48.1 Å². The van der Waals surface area contributed by atoms with Gasteiger partial charge in [-0.2, -0.15) is 0 Å². The zero-order valence-electron chi connectivity index (χ0n) is 16.2. The molecule has 27 heavy (non-hydrogen) atoms. The Hall–Kier alpha value is -2.11. The Morgan fingerprint density at radius 3 is 2.48 bits per heavy atom. The number of rotatable bonds is 4. The number of fused-ring (bicyclic) bond motifs is 2. The number of piperidine rings is 1. The molecule has 0 radical (unpaired) electrons. The zero-order chi connectivity index (χ0) is 19.0. The molecule has 1 aromatic carbocycles. The van der Waals surface area contributed by atoms with E-state index in [1.54, 1.807) is 0 Å². The number of carbonyl (C=O) groups excluding carboxylic acids is 1. The maximum atomic E-state index is 12.6. The number of likely N-dealkylation sites (tertiary alicyclic amines) is 1. The van der Waals surface area contributed by atoms with Crippen LogP contribution in [0.1, 0.15) is 36.4 Å². The van der Waals surface area contributed by atoms with Crippen LogP contribution in [-0.4, -0.2) is 58.7 Å². The van der Waals surface area contributed by atoms with Gasteiger partial charge in [0.2, 0.25) is 5.91 Å². The quantitative estimate of drug-likeness (QED) is 0.903. The van der Waals surface area contributed by atoms with Crippen LogP contribution in [0.2, 0.25) is 0 Å². The number of aryl methyl sites for hydroxylation is 1. The number of hydrogen-bond acceptors (Lipinski definition) is 3. The Kier molecular flexibility index (Phi) is 4.82. The standard InChI is InChI=1S/C22H29N3O2/c1-23(2)20-17-7-3-4-8-18(17)22(21(20)27)10-15-25(16-11-22)19(26)9-14-24-12-5-6-13-24/h3-8,12-13,20-21,27H,9-11,14-16H2,1-2H3/t20-,21+/m0/s1. The first-order valence-corrected chi connectivity index (χ1v) is 9.85. The van der Waals surface area contributed by atoms with Gasteiger partial charge < -0.3 is 19.5 Å². The van der Waals surface area contributed by atoms with Gasteiger partial charge >= 0.3 is 0 Å². The van der Waals surface area contributed by atoms with Gasteiger partial charge in [-0.05, 0) is 50.2 Å². The summed E-state index contributed by atoms with van der Waals surface area (Å²) in [5.74, 6) is 0.212. The van der Waals surface area contributed by atoms with Gasteiger partial charge in [-0.25, -0.2) is 0 Å². The summed E-state index contributed by atoms with van der Waals surface area (Å²) in [7, 11) is 4.06. The fourth-order valence-electron chi connectivity index (χ4n) is 5.02. The first-order valence-electron chi connectivity index (χ1n) is 9.85. The Balaban J connectivity index is 1.47. The third-order valence-corrected chi connectivity index (χ3v) is 6.50. The molecule has 2 aromatic rings. The summed E-state index contributed by atoms with van der Waals surface area (Å²) in [5.41, 5.74) is 2.28. The predicted molar refractivity (Wildman–Crippen MR) is 105 cm³/mol. The maximum absolute atomic E-state index is 12.6. The van der Waals surface area contributed by atoms with Crippen LogP contribution >= 0.6 is 0 Å². The summed E-state index contributed by atoms with van der Waals surface area (Å²) >= 11 is 0. The van der Waals surface area contributed by atoms with E-state index < -0.39 is 6.10 Å². The van der Waals surface area contributed by atoms with E-state index in [1.165, 1.54) is 11.1 Å². The highest BCUT2D eigenvalue weighted by Gasteiger charge is 2.53. The average molecular weight is 367 g/mol. The molecule has 0 unspecified atom stereocenters. The SMILES string of the molecule is CN(C)[C@H]1c2ccccc2C2(CCN(C(=O)CCn3cccc3)CC2)[C@@H]1O. The number of aromatic nitrogens is 1. The summed E-state index contributed by atoms with van der Waals surface area (Å²) in [6, 6.07) is 12.4. The molecule has 5 nitrogen and oxygen atoms in total. The molecule has 2 heterocycles. The molecule has 1 aliphatic heterocycles. The normalized spacial score (nSPS) is 23.8. The molecule has 1 fully saturated rings. The van der Waals surface area contributed by atoms with E-state index in [-0.39, 0.29) is 17.4 Å². The van der Waals surface area contributed by atoms with Crippen molar-refractivity contribution >= 4 is 5.91 Å². The van der Waals surface area contributed by atoms with Crippen molar-refractivity contribution in [3.8, 4) is 0 Å². The summed E-state index contributed by atoms with van der Waals surface area (Å²) in [6.07, 6.45) is 5.73. The molecule has 1 aliphatic carbocycles. The van der Waals surface area contributed by atoms with Gasteiger partial charge in [0.05, 0.1) is 12.1 Å². The van der Waals surface area contributed by atoms with Crippen molar-refractivity contribution in [3.63, 3.8) is 0 Å². The van der Waals surface area contributed by atoms with Crippen LogP contribution in [0.5, 0.6) is 0 Å². The molecule has 2 atom stereocenters. The van der Waals surface area contributed by atoms with Crippen LogP contribution in [0.3, 0.4) is 0 Å². The number of amides is 1. The van der Waals surface area contributed by atoms with Crippen molar-refractivity contribution in [2.75, 3.05) is 27.2 Å². The van der Waals surface area contributed by atoms with Gasteiger partial charge in [0.25, 0.3) is 0 Å². The molecule has 1 N–H and O–H groups in total. The molecule has 5 heteroatoms. The molecule has 1 saturated heterocycles. The van der Waals surface area contributed by atoms with Crippen LogP contribution in [0.25, 0.3) is 0 Å². The van der Waals surface area contributed by atoms with Gasteiger partial charge in [-0.1, -0.05) is 24.3 Å². The molecule has 0 bridgehead atoms. The summed E-state index contributed by atoms with van der Waals surface area (Å²) in [6.45, 7) is 2.16. The van der Waals surface area contributed by atoms with Gasteiger partial charge in [0, 0.05) is 43.9 Å². The Morgan fingerprint density at radius 1 is 1.15 bits per heavy atom. The number of carbonyl (C=O) groups is 1. The first kappa shape index (κ1) is 18.3. The van der Waals surface area contributed by atoms with Gasteiger partial charge in [-0.3, -0.25) is 4.79 Å². The number of nitrogens with zero attached hydrogens (tertiary/aromatic N) is 3. The zero-order valence-corrected chi connectivity index (χ0v) is 16.2. The van der Waals surface area contributed by atoms with Crippen molar-refractivity contribution < 1.29 is 9.90 Å². The Bertz CT molecular complexity index is 792. The van der Waals surface area contributed by atoms with Crippen molar-refractivity contribution in [2.45, 2.75) is 43.4 Å². The average Bonchev–Trinajstić information content (AvgIpc) is 3.27. The minimum atomic E-state index is -0.429. The number of likely N-dealkylation sites (N-methyl/N-ethyl adjacent to an activating group) is 1. The van der Waals surface area contributed by atoms with Crippen molar-refractivity contribution in [1.82, 2.24) is 14.4 Å². The number of hydrogen-bond donors (Lipinski definition) is 1. The molecule has 1 aromatic heterocycles. The Morgan fingerprint density at radius 2 is 1.81 bits per heavy atom. The van der Waals surface area contributed by atoms with E-state index >= 15 is 0 Å². The van der Waals surface area contributed by atoms with Crippen LogP contribution in [0, 0.1) is 0 Å². The molecule has 1 spiro atoms. The highest BCUT2D eigenvalue weighted by Crippen LogP contribution is 2.52. The van der Waals surface area contributed by atoms with E-state index in [0.29, 0.717) is 6.42 Å². The lowest BCUT2D eigenvalue weighted by atomic mass is 9.72. The number of benzene rings is 1. The van der Waals surface area contributed by atoms with E-state index in [0.717, 1.165) is 32.5 Å². The highest BCUT2D eigenvalue weighted by molar-refractivity contribution is 5.76. The fourth-order valence-corrected chi connectivity index (χ4v) is 5.02. The smallest absolute Gasteiger partial charge is 0.224 e.